The minimum Gasteiger partial charge on any atom is -0.322 e. The second kappa shape index (κ2) is 4.61. The molecule has 0 amide bonds. The molecule has 0 radical (unpaired) electrons. The van der Waals surface area contributed by atoms with Crippen molar-refractivity contribution in [3.63, 3.8) is 0 Å². The Morgan fingerprint density at radius 3 is 2.62 bits per heavy atom. The molecule has 0 aliphatic heterocycles. The summed E-state index contributed by atoms with van der Waals surface area (Å²) < 4.78 is 0. The Morgan fingerprint density at radius 1 is 1.31 bits per heavy atom. The Kier molecular flexibility index (Phi) is 3.37. The number of aromatic nitrogens is 2. The van der Waals surface area contributed by atoms with Crippen molar-refractivity contribution in [1.29, 1.82) is 0 Å². The van der Waals surface area contributed by atoms with Gasteiger partial charge in [0.25, 0.3) is 0 Å². The van der Waals surface area contributed by atoms with Crippen LogP contribution in [0.25, 0.3) is 9.88 Å². The molecule has 2 heterocycles. The van der Waals surface area contributed by atoms with E-state index in [1.807, 2.05) is 0 Å². The van der Waals surface area contributed by atoms with Crippen LogP contribution in [0.5, 0.6) is 0 Å². The van der Waals surface area contributed by atoms with E-state index in [9.17, 15) is 0 Å². The topological polar surface area (TPSA) is 51.8 Å². The Hall–Kier alpha value is -0.780. The molecule has 2 rings (SSSR count). The van der Waals surface area contributed by atoms with Gasteiger partial charge in [-0.05, 0) is 31.9 Å². The van der Waals surface area contributed by atoms with Crippen molar-refractivity contribution < 1.29 is 0 Å². The summed E-state index contributed by atoms with van der Waals surface area (Å²) in [5.74, 6) is 0. The van der Waals surface area contributed by atoms with E-state index in [2.05, 4.69) is 37.0 Å². The Bertz CT molecular complexity index is 468. The van der Waals surface area contributed by atoms with Crippen LogP contribution in [-0.4, -0.2) is 10.2 Å². The molecule has 2 N–H and O–H groups in total. The molecule has 0 aromatic carbocycles. The van der Waals surface area contributed by atoms with E-state index in [1.165, 1.54) is 15.3 Å². The lowest BCUT2D eigenvalue weighted by molar-refractivity contribution is 0.683. The Labute approximate surface area is 103 Å². The van der Waals surface area contributed by atoms with Gasteiger partial charge in [-0.25, -0.2) is 0 Å². The van der Waals surface area contributed by atoms with Crippen molar-refractivity contribution in [3.05, 3.63) is 21.5 Å². The highest BCUT2D eigenvalue weighted by Crippen LogP contribution is 2.33. The second-order valence-electron chi connectivity index (χ2n) is 3.81. The molecule has 0 spiro atoms. The highest BCUT2D eigenvalue weighted by molar-refractivity contribution is 7.21. The van der Waals surface area contributed by atoms with Gasteiger partial charge in [-0.3, -0.25) is 0 Å². The van der Waals surface area contributed by atoms with Crippen molar-refractivity contribution >= 4 is 22.7 Å². The van der Waals surface area contributed by atoms with Gasteiger partial charge in [-0.1, -0.05) is 18.3 Å². The quantitative estimate of drug-likeness (QED) is 0.913. The van der Waals surface area contributed by atoms with Gasteiger partial charge >= 0.3 is 0 Å². The van der Waals surface area contributed by atoms with E-state index < -0.39 is 0 Å². The predicted molar refractivity (Wildman–Crippen MR) is 69.9 cm³/mol. The number of aryl methyl sites for hydroxylation is 2. The van der Waals surface area contributed by atoms with Crippen LogP contribution in [0.3, 0.4) is 0 Å². The van der Waals surface area contributed by atoms with E-state index in [4.69, 9.17) is 5.73 Å². The van der Waals surface area contributed by atoms with Crippen molar-refractivity contribution in [2.75, 3.05) is 0 Å². The number of nitrogens with zero attached hydrogens (tertiary/aromatic N) is 2. The summed E-state index contributed by atoms with van der Waals surface area (Å²) in [6.45, 7) is 6.31. The fourth-order valence-corrected chi connectivity index (χ4v) is 3.34. The molecule has 2 aromatic rings. The number of hydrogen-bond acceptors (Lipinski definition) is 5. The first-order valence-electron chi connectivity index (χ1n) is 5.28. The van der Waals surface area contributed by atoms with Crippen LogP contribution in [0.15, 0.2) is 6.07 Å². The molecular weight excluding hydrogens is 238 g/mol. The van der Waals surface area contributed by atoms with Gasteiger partial charge in [0, 0.05) is 4.88 Å². The van der Waals surface area contributed by atoms with Crippen LogP contribution in [0.1, 0.15) is 34.8 Å². The molecule has 5 heteroatoms. The van der Waals surface area contributed by atoms with Gasteiger partial charge in [0.2, 0.25) is 0 Å². The number of nitrogens with two attached hydrogens (primary N) is 1. The summed E-state index contributed by atoms with van der Waals surface area (Å²) >= 11 is 3.37. The standard InChI is InChI=1S/C11H15N3S2/c1-4-8(12)10-13-14-11(16-10)9-5-6(2)7(3)15-9/h5,8H,4,12H2,1-3H3. The van der Waals surface area contributed by atoms with Crippen LogP contribution in [0.4, 0.5) is 0 Å². The van der Waals surface area contributed by atoms with Gasteiger partial charge < -0.3 is 5.73 Å². The lowest BCUT2D eigenvalue weighted by Gasteiger charge is -2.00. The van der Waals surface area contributed by atoms with Crippen molar-refractivity contribution in [1.82, 2.24) is 10.2 Å². The zero-order chi connectivity index (χ0) is 11.7. The third kappa shape index (κ3) is 2.16. The molecule has 0 fully saturated rings. The van der Waals surface area contributed by atoms with Gasteiger partial charge in [0.05, 0.1) is 10.9 Å². The van der Waals surface area contributed by atoms with Crippen molar-refractivity contribution in [3.8, 4) is 9.88 Å². The minimum absolute atomic E-state index is 0.0217. The number of hydrogen-bond donors (Lipinski definition) is 1. The first-order chi connectivity index (χ1) is 7.61. The second-order valence-corrected chi connectivity index (χ2v) is 6.08. The van der Waals surface area contributed by atoms with E-state index >= 15 is 0 Å². The summed E-state index contributed by atoms with van der Waals surface area (Å²) in [6, 6.07) is 2.19. The summed E-state index contributed by atoms with van der Waals surface area (Å²) in [5, 5.41) is 10.3. The Balaban J connectivity index is 2.31. The SMILES string of the molecule is CCC(N)c1nnc(-c2cc(C)c(C)s2)s1. The normalized spacial score (nSPS) is 13.0. The summed E-state index contributed by atoms with van der Waals surface area (Å²) in [4.78, 5) is 2.54. The third-order valence-electron chi connectivity index (χ3n) is 2.57. The van der Waals surface area contributed by atoms with E-state index in [0.717, 1.165) is 16.4 Å². The van der Waals surface area contributed by atoms with E-state index in [0.29, 0.717) is 0 Å². The molecule has 3 nitrogen and oxygen atoms in total. The van der Waals surface area contributed by atoms with E-state index in [1.54, 1.807) is 22.7 Å². The lowest BCUT2D eigenvalue weighted by Crippen LogP contribution is -2.07. The molecule has 0 saturated carbocycles. The maximum Gasteiger partial charge on any atom is 0.157 e. The largest absolute Gasteiger partial charge is 0.322 e. The molecule has 1 unspecified atom stereocenters. The van der Waals surface area contributed by atoms with Crippen LogP contribution >= 0.6 is 22.7 Å². The lowest BCUT2D eigenvalue weighted by atomic mass is 10.3. The summed E-state index contributed by atoms with van der Waals surface area (Å²) in [5.41, 5.74) is 7.25. The molecule has 1 atom stereocenters. The maximum absolute atomic E-state index is 5.93. The van der Waals surface area contributed by atoms with Crippen molar-refractivity contribution in [2.45, 2.75) is 33.2 Å². The fraction of sp³-hybridized carbons (Fsp3) is 0.455. The zero-order valence-corrected chi connectivity index (χ0v) is 11.3. The van der Waals surface area contributed by atoms with Crippen LogP contribution in [0.2, 0.25) is 0 Å². The zero-order valence-electron chi connectivity index (χ0n) is 9.65. The molecule has 0 aliphatic rings. The highest BCUT2D eigenvalue weighted by atomic mass is 32.1. The molecule has 16 heavy (non-hydrogen) atoms. The van der Waals surface area contributed by atoms with Crippen LogP contribution in [0, 0.1) is 13.8 Å². The molecule has 86 valence electrons. The van der Waals surface area contributed by atoms with Crippen LogP contribution in [-0.2, 0) is 0 Å². The third-order valence-corrected chi connectivity index (χ3v) is 4.95. The molecule has 0 saturated heterocycles. The average Bonchev–Trinajstić information content (AvgIpc) is 2.86. The van der Waals surface area contributed by atoms with Gasteiger partial charge in [0.1, 0.15) is 5.01 Å². The van der Waals surface area contributed by atoms with Gasteiger partial charge in [-0.2, -0.15) is 0 Å². The molecule has 0 aliphatic carbocycles. The minimum atomic E-state index is 0.0217. The highest BCUT2D eigenvalue weighted by Gasteiger charge is 2.13. The van der Waals surface area contributed by atoms with Gasteiger partial charge in [-0.15, -0.1) is 21.5 Å². The monoisotopic (exact) mass is 253 g/mol. The molecule has 2 aromatic heterocycles. The first-order valence-corrected chi connectivity index (χ1v) is 6.91. The maximum atomic E-state index is 5.93. The average molecular weight is 253 g/mol. The molecular formula is C11H15N3S2. The number of rotatable bonds is 3. The Morgan fingerprint density at radius 2 is 2.06 bits per heavy atom. The fourth-order valence-electron chi connectivity index (χ4n) is 1.34. The first kappa shape index (κ1) is 11.7. The smallest absolute Gasteiger partial charge is 0.157 e. The van der Waals surface area contributed by atoms with E-state index in [-0.39, 0.29) is 6.04 Å². The predicted octanol–water partition coefficient (Wildman–Crippen LogP) is 3.29. The van der Waals surface area contributed by atoms with Gasteiger partial charge in [0.15, 0.2) is 5.01 Å². The summed E-state index contributed by atoms with van der Waals surface area (Å²) in [6.07, 6.45) is 0.900. The molecule has 0 bridgehead atoms. The van der Waals surface area contributed by atoms with Crippen molar-refractivity contribution in [2.24, 2.45) is 5.73 Å². The summed E-state index contributed by atoms with van der Waals surface area (Å²) in [7, 11) is 0. The number of thiophene rings is 1. The van der Waals surface area contributed by atoms with Crippen LogP contribution < -0.4 is 5.73 Å².